The third kappa shape index (κ3) is 3.39. The highest BCUT2D eigenvalue weighted by Crippen LogP contribution is 2.31. The molecule has 5 nitrogen and oxygen atoms in total. The lowest BCUT2D eigenvalue weighted by Crippen LogP contribution is -2.22. The van der Waals surface area contributed by atoms with Crippen LogP contribution in [0.15, 0.2) is 40.8 Å². The van der Waals surface area contributed by atoms with Crippen molar-refractivity contribution in [2.75, 3.05) is 11.9 Å². The van der Waals surface area contributed by atoms with Crippen LogP contribution in [0.3, 0.4) is 0 Å². The molecule has 0 fully saturated rings. The summed E-state index contributed by atoms with van der Waals surface area (Å²) in [6, 6.07) is 8.19. The SMILES string of the molecule is Cc1c(C(=O)OCC(=O)Nc2c(F)cccc2F)oc2c(Cl)cccc12. The summed E-state index contributed by atoms with van der Waals surface area (Å²) in [6.07, 6.45) is 0. The van der Waals surface area contributed by atoms with Crippen molar-refractivity contribution < 1.29 is 27.5 Å². The number of aryl methyl sites for hydroxylation is 1. The summed E-state index contributed by atoms with van der Waals surface area (Å²) in [5, 5.41) is 2.99. The highest BCUT2D eigenvalue weighted by atomic mass is 35.5. The Balaban J connectivity index is 1.70. The predicted molar refractivity (Wildman–Crippen MR) is 91.2 cm³/mol. The number of nitrogens with one attached hydrogen (secondary N) is 1. The van der Waals surface area contributed by atoms with E-state index in [1.54, 1.807) is 25.1 Å². The van der Waals surface area contributed by atoms with Gasteiger partial charge in [-0.1, -0.05) is 29.8 Å². The van der Waals surface area contributed by atoms with Crippen LogP contribution in [0.1, 0.15) is 16.1 Å². The number of hydrogen-bond acceptors (Lipinski definition) is 4. The molecule has 0 aliphatic carbocycles. The lowest BCUT2D eigenvalue weighted by molar-refractivity contribution is -0.119. The van der Waals surface area contributed by atoms with E-state index >= 15 is 0 Å². The van der Waals surface area contributed by atoms with Crippen LogP contribution in [0.2, 0.25) is 5.02 Å². The highest BCUT2D eigenvalue weighted by Gasteiger charge is 2.21. The van der Waals surface area contributed by atoms with Crippen LogP contribution >= 0.6 is 11.6 Å². The number of esters is 1. The highest BCUT2D eigenvalue weighted by molar-refractivity contribution is 6.35. The van der Waals surface area contributed by atoms with Crippen LogP contribution in [0, 0.1) is 18.6 Å². The number of carbonyl (C=O) groups is 2. The van der Waals surface area contributed by atoms with Gasteiger partial charge in [-0.05, 0) is 25.1 Å². The van der Waals surface area contributed by atoms with Gasteiger partial charge in [-0.25, -0.2) is 13.6 Å². The zero-order chi connectivity index (χ0) is 18.8. The smallest absolute Gasteiger partial charge is 0.375 e. The van der Waals surface area contributed by atoms with Gasteiger partial charge >= 0.3 is 5.97 Å². The van der Waals surface area contributed by atoms with E-state index < -0.39 is 35.8 Å². The van der Waals surface area contributed by atoms with Crippen molar-refractivity contribution in [3.8, 4) is 0 Å². The third-order valence-electron chi connectivity index (χ3n) is 3.66. The Bertz CT molecular complexity index is 996. The number of rotatable bonds is 4. The van der Waals surface area contributed by atoms with Crippen LogP contribution in [0.4, 0.5) is 14.5 Å². The third-order valence-corrected chi connectivity index (χ3v) is 3.96. The summed E-state index contributed by atoms with van der Waals surface area (Å²) in [5.41, 5.74) is 0.227. The fourth-order valence-electron chi connectivity index (χ4n) is 2.39. The Morgan fingerprint density at radius 3 is 2.46 bits per heavy atom. The number of hydrogen-bond donors (Lipinski definition) is 1. The average Bonchev–Trinajstić information content (AvgIpc) is 2.95. The minimum atomic E-state index is -0.938. The molecule has 0 radical (unpaired) electrons. The molecule has 0 aliphatic heterocycles. The second-order valence-electron chi connectivity index (χ2n) is 5.39. The molecule has 0 saturated heterocycles. The van der Waals surface area contributed by atoms with Gasteiger partial charge in [-0.3, -0.25) is 4.79 Å². The standard InChI is InChI=1S/C18H12ClF2NO4/c1-9-10-4-2-5-11(19)17(10)26-16(9)18(24)25-8-14(23)22-15-12(20)6-3-7-13(15)21/h2-7H,8H2,1H3,(H,22,23). The number of para-hydroxylation sites is 2. The molecule has 0 saturated carbocycles. The maximum Gasteiger partial charge on any atom is 0.375 e. The topological polar surface area (TPSA) is 68.5 Å². The second-order valence-corrected chi connectivity index (χ2v) is 5.80. The van der Waals surface area contributed by atoms with Crippen LogP contribution in [0.5, 0.6) is 0 Å². The van der Waals surface area contributed by atoms with E-state index in [1.165, 1.54) is 0 Å². The zero-order valence-electron chi connectivity index (χ0n) is 13.4. The molecule has 26 heavy (non-hydrogen) atoms. The van der Waals surface area contributed by atoms with Crippen LogP contribution < -0.4 is 5.32 Å². The molecular weight excluding hydrogens is 368 g/mol. The maximum atomic E-state index is 13.5. The minimum absolute atomic E-state index is 0.0991. The largest absolute Gasteiger partial charge is 0.450 e. The van der Waals surface area contributed by atoms with Gasteiger partial charge in [0.2, 0.25) is 5.76 Å². The van der Waals surface area contributed by atoms with Crippen molar-refractivity contribution in [2.24, 2.45) is 0 Å². The van der Waals surface area contributed by atoms with Crippen molar-refractivity contribution in [3.05, 3.63) is 64.4 Å². The number of ether oxygens (including phenoxy) is 1. The van der Waals surface area contributed by atoms with E-state index in [-0.39, 0.29) is 5.76 Å². The van der Waals surface area contributed by atoms with Gasteiger partial charge in [0.15, 0.2) is 12.2 Å². The number of halogens is 3. The van der Waals surface area contributed by atoms with Crippen LogP contribution in [0.25, 0.3) is 11.0 Å². The maximum absolute atomic E-state index is 13.5. The Hall–Kier alpha value is -2.93. The molecule has 2 aromatic carbocycles. The lowest BCUT2D eigenvalue weighted by atomic mass is 10.1. The van der Waals surface area contributed by atoms with Gasteiger partial charge in [0, 0.05) is 10.9 Å². The number of fused-ring (bicyclic) bond motifs is 1. The fraction of sp³-hybridized carbons (Fsp3) is 0.111. The van der Waals surface area contributed by atoms with Gasteiger partial charge in [0.1, 0.15) is 17.3 Å². The van der Waals surface area contributed by atoms with Gasteiger partial charge in [0.05, 0.1) is 5.02 Å². The molecule has 0 aliphatic rings. The number of carbonyl (C=O) groups excluding carboxylic acids is 2. The molecule has 0 unspecified atom stereocenters. The second kappa shape index (κ2) is 7.13. The first-order valence-electron chi connectivity index (χ1n) is 7.47. The number of benzene rings is 2. The van der Waals surface area contributed by atoms with E-state index in [2.05, 4.69) is 0 Å². The number of furan rings is 1. The van der Waals surface area contributed by atoms with Crippen molar-refractivity contribution in [2.45, 2.75) is 6.92 Å². The molecule has 134 valence electrons. The minimum Gasteiger partial charge on any atom is -0.450 e. The first kappa shape index (κ1) is 17.9. The molecule has 0 atom stereocenters. The molecule has 0 spiro atoms. The molecule has 0 bridgehead atoms. The van der Waals surface area contributed by atoms with Crippen molar-refractivity contribution in [1.82, 2.24) is 0 Å². The van der Waals surface area contributed by atoms with Crippen molar-refractivity contribution in [3.63, 3.8) is 0 Å². The molecule has 1 amide bonds. The summed E-state index contributed by atoms with van der Waals surface area (Å²) in [7, 11) is 0. The summed E-state index contributed by atoms with van der Waals surface area (Å²) in [4.78, 5) is 23.9. The summed E-state index contributed by atoms with van der Waals surface area (Å²) in [6.45, 7) is 0.907. The van der Waals surface area contributed by atoms with Crippen LogP contribution in [-0.2, 0) is 9.53 Å². The van der Waals surface area contributed by atoms with E-state index in [4.69, 9.17) is 20.8 Å². The molecule has 3 rings (SSSR count). The van der Waals surface area contributed by atoms with E-state index in [1.807, 2.05) is 5.32 Å². The van der Waals surface area contributed by atoms with Crippen LogP contribution in [-0.4, -0.2) is 18.5 Å². The monoisotopic (exact) mass is 379 g/mol. The molecular formula is C18H12ClF2NO4. The van der Waals surface area contributed by atoms with E-state index in [9.17, 15) is 18.4 Å². The van der Waals surface area contributed by atoms with Gasteiger partial charge in [0.25, 0.3) is 5.91 Å². The van der Waals surface area contributed by atoms with E-state index in [0.29, 0.717) is 21.6 Å². The Labute approximate surface area is 151 Å². The van der Waals surface area contributed by atoms with Crippen molar-refractivity contribution in [1.29, 1.82) is 0 Å². The van der Waals surface area contributed by atoms with Gasteiger partial charge < -0.3 is 14.5 Å². The number of anilines is 1. The molecule has 1 N–H and O–H groups in total. The summed E-state index contributed by atoms with van der Waals surface area (Å²) in [5.74, 6) is -3.76. The Kier molecular flexibility index (Phi) is 4.90. The predicted octanol–water partition coefficient (Wildman–Crippen LogP) is 4.47. The van der Waals surface area contributed by atoms with E-state index in [0.717, 1.165) is 18.2 Å². The quantitative estimate of drug-likeness (QED) is 0.679. The summed E-state index contributed by atoms with van der Waals surface area (Å²) < 4.78 is 37.3. The lowest BCUT2D eigenvalue weighted by Gasteiger charge is -2.07. The molecule has 3 aromatic rings. The number of amides is 1. The molecule has 8 heteroatoms. The summed E-state index contributed by atoms with van der Waals surface area (Å²) >= 11 is 6.01. The Morgan fingerprint density at radius 1 is 1.15 bits per heavy atom. The molecule has 1 aromatic heterocycles. The Morgan fingerprint density at radius 2 is 1.81 bits per heavy atom. The van der Waals surface area contributed by atoms with Gasteiger partial charge in [-0.2, -0.15) is 0 Å². The fourth-order valence-corrected chi connectivity index (χ4v) is 2.61. The average molecular weight is 380 g/mol. The normalized spacial score (nSPS) is 10.8. The zero-order valence-corrected chi connectivity index (χ0v) is 14.2. The van der Waals surface area contributed by atoms with Gasteiger partial charge in [-0.15, -0.1) is 0 Å². The first-order valence-corrected chi connectivity index (χ1v) is 7.85. The van der Waals surface area contributed by atoms with Crippen molar-refractivity contribution >= 4 is 40.1 Å². The molecule has 1 heterocycles. The first-order chi connectivity index (χ1) is 12.4.